The zero-order valence-corrected chi connectivity index (χ0v) is 13.2. The average Bonchev–Trinajstić information content (AvgIpc) is 2.69. The third-order valence-corrected chi connectivity index (χ3v) is 5.80. The van der Waals surface area contributed by atoms with Crippen LogP contribution in [0.15, 0.2) is 9.85 Å². The first-order valence-electron chi connectivity index (χ1n) is 6.33. The molecule has 1 aromatic rings. The Morgan fingerprint density at radius 1 is 1.67 bits per heavy atom. The van der Waals surface area contributed by atoms with Gasteiger partial charge in [0.25, 0.3) is 5.91 Å². The highest BCUT2D eigenvalue weighted by Crippen LogP contribution is 2.29. The van der Waals surface area contributed by atoms with Gasteiger partial charge in [-0.1, -0.05) is 13.3 Å². The number of rotatable bonds is 2. The number of piperidine rings is 1. The molecule has 1 aromatic heterocycles. The summed E-state index contributed by atoms with van der Waals surface area (Å²) in [5.74, 6) is 0.589. The quantitative estimate of drug-likeness (QED) is 0.905. The van der Waals surface area contributed by atoms with E-state index in [1.54, 1.807) is 0 Å². The summed E-state index contributed by atoms with van der Waals surface area (Å²) in [6.45, 7) is 5.73. The summed E-state index contributed by atoms with van der Waals surface area (Å²) < 4.78 is 1.05. The van der Waals surface area contributed by atoms with Crippen LogP contribution in [0.25, 0.3) is 0 Å². The normalized spacial score (nSPS) is 24.3. The molecule has 0 spiro atoms. The Kier molecular flexibility index (Phi) is 4.45. The minimum absolute atomic E-state index is 0.152. The molecule has 1 aliphatic heterocycles. The fraction of sp³-hybridized carbons (Fsp3) is 0.615. The molecule has 1 amide bonds. The molecule has 0 saturated carbocycles. The van der Waals surface area contributed by atoms with Crippen molar-refractivity contribution in [3.05, 3.63) is 20.3 Å². The number of hydrogen-bond donors (Lipinski definition) is 1. The second kappa shape index (κ2) is 5.72. The summed E-state index contributed by atoms with van der Waals surface area (Å²) in [4.78, 5) is 15.2. The molecule has 18 heavy (non-hydrogen) atoms. The van der Waals surface area contributed by atoms with Gasteiger partial charge in [-0.15, -0.1) is 11.3 Å². The first kappa shape index (κ1) is 14.0. The van der Waals surface area contributed by atoms with Crippen molar-refractivity contribution in [2.24, 2.45) is 11.7 Å². The molecule has 2 unspecified atom stereocenters. The number of likely N-dealkylation sites (tertiary alicyclic amines) is 1. The summed E-state index contributed by atoms with van der Waals surface area (Å²) in [6.07, 6.45) is 1.95. The third-order valence-electron chi connectivity index (χ3n) is 3.67. The standard InChI is InChI=1S/C13H19BrN2OS/c1-3-9-7-16(5-4-10(9)15)13(17)11-6-8(2)12(14)18-11/h6,9-10H,3-5,7,15H2,1-2H3. The van der Waals surface area contributed by atoms with Crippen molar-refractivity contribution in [1.29, 1.82) is 0 Å². The molecule has 1 aliphatic rings. The molecule has 2 N–H and O–H groups in total. The van der Waals surface area contributed by atoms with Crippen LogP contribution >= 0.6 is 27.3 Å². The Morgan fingerprint density at radius 3 is 2.94 bits per heavy atom. The van der Waals surface area contributed by atoms with Crippen LogP contribution < -0.4 is 5.73 Å². The first-order chi connectivity index (χ1) is 8.52. The lowest BCUT2D eigenvalue weighted by Crippen LogP contribution is -2.48. The third kappa shape index (κ3) is 2.78. The molecular formula is C13H19BrN2OS. The van der Waals surface area contributed by atoms with Crippen LogP contribution in [0.1, 0.15) is 35.0 Å². The lowest BCUT2D eigenvalue weighted by atomic mass is 9.90. The molecule has 2 rings (SSSR count). The van der Waals surface area contributed by atoms with Gasteiger partial charge in [-0.05, 0) is 46.8 Å². The summed E-state index contributed by atoms with van der Waals surface area (Å²) >= 11 is 4.99. The van der Waals surface area contributed by atoms with Gasteiger partial charge in [-0.3, -0.25) is 4.79 Å². The van der Waals surface area contributed by atoms with Crippen LogP contribution in [-0.4, -0.2) is 29.9 Å². The minimum Gasteiger partial charge on any atom is -0.338 e. The first-order valence-corrected chi connectivity index (χ1v) is 7.94. The summed E-state index contributed by atoms with van der Waals surface area (Å²) in [6, 6.07) is 2.21. The average molecular weight is 331 g/mol. The smallest absolute Gasteiger partial charge is 0.263 e. The van der Waals surface area contributed by atoms with Gasteiger partial charge in [0.2, 0.25) is 0 Å². The maximum absolute atomic E-state index is 12.4. The highest BCUT2D eigenvalue weighted by atomic mass is 79.9. The largest absolute Gasteiger partial charge is 0.338 e. The van der Waals surface area contributed by atoms with E-state index in [0.717, 1.165) is 40.2 Å². The van der Waals surface area contributed by atoms with Crippen LogP contribution in [0.5, 0.6) is 0 Å². The number of carbonyl (C=O) groups excluding carboxylic acids is 1. The molecule has 1 fully saturated rings. The van der Waals surface area contributed by atoms with Crippen molar-refractivity contribution in [3.8, 4) is 0 Å². The van der Waals surface area contributed by atoms with Crippen LogP contribution in [0.3, 0.4) is 0 Å². The van der Waals surface area contributed by atoms with Crippen molar-refractivity contribution < 1.29 is 4.79 Å². The molecule has 100 valence electrons. The van der Waals surface area contributed by atoms with Crippen LogP contribution in [0.4, 0.5) is 0 Å². The van der Waals surface area contributed by atoms with Crippen molar-refractivity contribution in [2.75, 3.05) is 13.1 Å². The number of aryl methyl sites for hydroxylation is 1. The van der Waals surface area contributed by atoms with Gasteiger partial charge in [0.15, 0.2) is 0 Å². The van der Waals surface area contributed by atoms with Gasteiger partial charge < -0.3 is 10.6 Å². The van der Waals surface area contributed by atoms with Gasteiger partial charge in [0.05, 0.1) is 8.66 Å². The predicted octanol–water partition coefficient (Wildman–Crippen LogP) is 3.02. The Labute approximate surface area is 120 Å². The number of halogens is 1. The fourth-order valence-corrected chi connectivity index (χ4v) is 3.89. The molecule has 0 radical (unpaired) electrons. The SMILES string of the molecule is CCC1CN(C(=O)c2cc(C)c(Br)s2)CCC1N. The molecule has 2 heterocycles. The Bertz CT molecular complexity index is 427. The van der Waals surface area contributed by atoms with Crippen molar-refractivity contribution in [3.63, 3.8) is 0 Å². The number of amides is 1. The number of nitrogens with two attached hydrogens (primary N) is 1. The van der Waals surface area contributed by atoms with Gasteiger partial charge in [-0.25, -0.2) is 0 Å². The van der Waals surface area contributed by atoms with Gasteiger partial charge in [0.1, 0.15) is 0 Å². The van der Waals surface area contributed by atoms with Gasteiger partial charge in [-0.2, -0.15) is 0 Å². The fourth-order valence-electron chi connectivity index (χ4n) is 2.39. The second-order valence-corrected chi connectivity index (χ2v) is 7.31. The molecule has 0 aromatic carbocycles. The van der Waals surface area contributed by atoms with Crippen LogP contribution in [-0.2, 0) is 0 Å². The number of thiophene rings is 1. The van der Waals surface area contributed by atoms with Gasteiger partial charge in [0, 0.05) is 19.1 Å². The maximum Gasteiger partial charge on any atom is 0.263 e. The van der Waals surface area contributed by atoms with Crippen molar-refractivity contribution in [2.45, 2.75) is 32.7 Å². The Morgan fingerprint density at radius 2 is 2.39 bits per heavy atom. The van der Waals surface area contributed by atoms with Crippen LogP contribution in [0, 0.1) is 12.8 Å². The van der Waals surface area contributed by atoms with Gasteiger partial charge >= 0.3 is 0 Å². The molecule has 3 nitrogen and oxygen atoms in total. The number of carbonyl (C=O) groups is 1. The number of nitrogens with zero attached hydrogens (tertiary/aromatic N) is 1. The summed E-state index contributed by atoms with van der Waals surface area (Å²) in [5, 5.41) is 0. The van der Waals surface area contributed by atoms with E-state index in [4.69, 9.17) is 5.73 Å². The van der Waals surface area contributed by atoms with E-state index in [9.17, 15) is 4.79 Å². The van der Waals surface area contributed by atoms with Crippen molar-refractivity contribution >= 4 is 33.2 Å². The maximum atomic E-state index is 12.4. The molecule has 0 aliphatic carbocycles. The van der Waals surface area contributed by atoms with Crippen LogP contribution in [0.2, 0.25) is 0 Å². The molecule has 1 saturated heterocycles. The van der Waals surface area contributed by atoms with E-state index in [0.29, 0.717) is 5.92 Å². The number of hydrogen-bond acceptors (Lipinski definition) is 3. The minimum atomic E-state index is 0.152. The lowest BCUT2D eigenvalue weighted by Gasteiger charge is -2.36. The zero-order chi connectivity index (χ0) is 13.3. The summed E-state index contributed by atoms with van der Waals surface area (Å²) in [5.41, 5.74) is 7.20. The molecular weight excluding hydrogens is 312 g/mol. The molecule has 5 heteroatoms. The van der Waals surface area contributed by atoms with Crippen molar-refractivity contribution in [1.82, 2.24) is 4.90 Å². The Balaban J connectivity index is 2.10. The van der Waals surface area contributed by atoms with E-state index in [1.165, 1.54) is 11.3 Å². The topological polar surface area (TPSA) is 46.3 Å². The summed E-state index contributed by atoms with van der Waals surface area (Å²) in [7, 11) is 0. The van der Waals surface area contributed by atoms with E-state index >= 15 is 0 Å². The zero-order valence-electron chi connectivity index (χ0n) is 10.8. The monoisotopic (exact) mass is 330 g/mol. The van der Waals surface area contributed by atoms with E-state index in [1.807, 2.05) is 17.9 Å². The highest BCUT2D eigenvalue weighted by molar-refractivity contribution is 9.11. The second-order valence-electron chi connectivity index (χ2n) is 4.94. The Hall–Kier alpha value is -0.390. The molecule has 2 atom stereocenters. The lowest BCUT2D eigenvalue weighted by molar-refractivity contribution is 0.0654. The predicted molar refractivity (Wildman–Crippen MR) is 79.0 cm³/mol. The van der Waals surface area contributed by atoms with E-state index in [2.05, 4.69) is 22.9 Å². The molecule has 0 bridgehead atoms. The highest BCUT2D eigenvalue weighted by Gasteiger charge is 2.29. The van der Waals surface area contributed by atoms with E-state index < -0.39 is 0 Å². The van der Waals surface area contributed by atoms with E-state index in [-0.39, 0.29) is 11.9 Å².